The Morgan fingerprint density at radius 3 is 1.07 bits per heavy atom. The van der Waals surface area contributed by atoms with E-state index in [9.17, 15) is 33.9 Å². The molecule has 9 aromatic rings. The summed E-state index contributed by atoms with van der Waals surface area (Å²) in [6.07, 6.45) is 0. The van der Waals surface area contributed by atoms with E-state index in [0.29, 0.717) is 68.4 Å². The van der Waals surface area contributed by atoms with Crippen molar-refractivity contribution in [2.24, 2.45) is 0 Å². The average molecular weight is 1230 g/mol. The van der Waals surface area contributed by atoms with Gasteiger partial charge in [-0.15, -0.1) is 0 Å². The fourth-order valence-electron chi connectivity index (χ4n) is 8.23. The van der Waals surface area contributed by atoms with Crippen molar-refractivity contribution in [3.63, 3.8) is 0 Å². The molecule has 0 fully saturated rings. The summed E-state index contributed by atoms with van der Waals surface area (Å²) in [5.41, 5.74) is 4.54. The molecule has 7 N–H and O–H groups in total. The Labute approximate surface area is 525 Å². The van der Waals surface area contributed by atoms with Crippen molar-refractivity contribution in [1.82, 2.24) is 0 Å². The molecule has 0 radical (unpaired) electrons. The third kappa shape index (κ3) is 21.0. The largest absolute Gasteiger partial charge is 0.507 e. The monoisotopic (exact) mass is 1230 g/mol. The van der Waals surface area contributed by atoms with Crippen LogP contribution in [0.15, 0.2) is 218 Å². The van der Waals surface area contributed by atoms with Gasteiger partial charge in [0.15, 0.2) is 0 Å². The molecule has 0 aliphatic heterocycles. The van der Waals surface area contributed by atoms with E-state index in [0.717, 1.165) is 5.56 Å². The maximum absolute atomic E-state index is 12.7. The number of anilines is 3. The summed E-state index contributed by atoms with van der Waals surface area (Å²) < 4.78 is 39.0. The molecular formula is C71H67N3O17. The number of methoxy groups -OCH3 is 1. The van der Waals surface area contributed by atoms with Gasteiger partial charge in [-0.1, -0.05) is 87.5 Å². The smallest absolute Gasteiger partial charge is 0.335 e. The second-order valence-electron chi connectivity index (χ2n) is 20.5. The summed E-state index contributed by atoms with van der Waals surface area (Å²) in [7, 11) is 1.54. The van der Waals surface area contributed by atoms with Crippen LogP contribution in [-0.4, -0.2) is 103 Å². The summed E-state index contributed by atoms with van der Waals surface area (Å²) in [6, 6.07) is 60.3. The SMILES string of the molecule is CC(C)(C)c1ccc(C(=O)Nc2ccccc2OCCOc2ccc(C(=O)O)cc2)cc1.COc1cccc(C(=O)Nc2ccccc2OCCOc2ccc(C(=O)O)cc2)c1.O=C(O)c1ccc(OCCOc2ccccc2NC(=O)c2ccccc2O)cc1. The first-order chi connectivity index (χ1) is 43.8. The second-order valence-corrected chi connectivity index (χ2v) is 20.5. The maximum Gasteiger partial charge on any atom is 0.335 e. The maximum atomic E-state index is 12.7. The highest BCUT2D eigenvalue weighted by Crippen LogP contribution is 2.29. The number of aromatic carboxylic acids is 3. The third-order valence-electron chi connectivity index (χ3n) is 13.0. The summed E-state index contributed by atoms with van der Waals surface area (Å²) in [4.78, 5) is 70.2. The Bertz CT molecular complexity index is 3890. The van der Waals surface area contributed by atoms with Crippen LogP contribution < -0.4 is 49.1 Å². The average Bonchev–Trinajstić information content (AvgIpc) is 2.69. The lowest BCUT2D eigenvalue weighted by molar-refractivity contribution is 0.0686. The first-order valence-corrected chi connectivity index (χ1v) is 28.4. The van der Waals surface area contributed by atoms with E-state index < -0.39 is 23.8 Å². The van der Waals surface area contributed by atoms with Gasteiger partial charge in [0.25, 0.3) is 17.7 Å². The molecule has 0 saturated heterocycles. The fraction of sp³-hybridized carbons (Fsp3) is 0.155. The van der Waals surface area contributed by atoms with Crippen LogP contribution in [0.1, 0.15) is 88.5 Å². The molecule has 0 heterocycles. The lowest BCUT2D eigenvalue weighted by Crippen LogP contribution is -2.15. The van der Waals surface area contributed by atoms with Crippen LogP contribution in [0.2, 0.25) is 0 Å². The molecular weight excluding hydrogens is 1170 g/mol. The van der Waals surface area contributed by atoms with E-state index in [-0.39, 0.29) is 84.9 Å². The van der Waals surface area contributed by atoms with E-state index in [4.69, 9.17) is 48.5 Å². The van der Waals surface area contributed by atoms with E-state index in [1.54, 1.807) is 135 Å². The zero-order valence-electron chi connectivity index (χ0n) is 50.1. The van der Waals surface area contributed by atoms with Crippen LogP contribution in [0, 0.1) is 0 Å². The Morgan fingerprint density at radius 1 is 0.352 bits per heavy atom. The number of nitrogens with one attached hydrogen (secondary N) is 3. The number of para-hydroxylation sites is 7. The number of hydrogen-bond donors (Lipinski definition) is 7. The topological polar surface area (TPSA) is 284 Å². The van der Waals surface area contributed by atoms with Gasteiger partial charge in [-0.05, 0) is 163 Å². The number of phenols is 1. The molecule has 0 aliphatic carbocycles. The van der Waals surface area contributed by atoms with Gasteiger partial charge < -0.3 is 69.5 Å². The molecule has 0 unspecified atom stereocenters. The van der Waals surface area contributed by atoms with Crippen molar-refractivity contribution in [2.75, 3.05) is 62.7 Å². The molecule has 9 aromatic carbocycles. The number of carboxylic acids is 3. The molecule has 0 spiro atoms. The number of carbonyl (C=O) groups excluding carboxylic acids is 3. The molecule has 0 bridgehead atoms. The number of ether oxygens (including phenoxy) is 7. The first kappa shape index (κ1) is 66.7. The number of benzene rings is 9. The predicted octanol–water partition coefficient (Wildman–Crippen LogP) is 13.3. The summed E-state index contributed by atoms with van der Waals surface area (Å²) >= 11 is 0. The van der Waals surface area contributed by atoms with Crippen molar-refractivity contribution < 1.29 is 82.4 Å². The minimum absolute atomic E-state index is 0.0236. The lowest BCUT2D eigenvalue weighted by atomic mass is 9.87. The molecule has 3 amide bonds. The third-order valence-corrected chi connectivity index (χ3v) is 13.0. The number of aromatic hydroxyl groups is 1. The second kappa shape index (κ2) is 33.4. The van der Waals surface area contributed by atoms with Gasteiger partial charge in [0.05, 0.1) is 46.4 Å². The highest BCUT2D eigenvalue weighted by atomic mass is 16.5. The van der Waals surface area contributed by atoms with Gasteiger partial charge in [0.1, 0.15) is 85.6 Å². The van der Waals surface area contributed by atoms with Gasteiger partial charge in [-0.25, -0.2) is 14.4 Å². The molecule has 0 aliphatic rings. The van der Waals surface area contributed by atoms with Gasteiger partial charge >= 0.3 is 17.9 Å². The Hall–Kier alpha value is -11.8. The summed E-state index contributed by atoms with van der Waals surface area (Å²) in [5.74, 6) is -0.279. The quantitative estimate of drug-likeness (QED) is 0.0262. The Morgan fingerprint density at radius 2 is 0.692 bits per heavy atom. The highest BCUT2D eigenvalue weighted by molar-refractivity contribution is 6.07. The van der Waals surface area contributed by atoms with Crippen LogP contribution in [0.4, 0.5) is 17.1 Å². The molecule has 468 valence electrons. The van der Waals surface area contributed by atoms with Crippen LogP contribution in [0.3, 0.4) is 0 Å². The standard InChI is InChI=1S/C26H27NO5.C23H21NO6.C22H19NO6/c1-26(2,3)20-12-8-18(9-13-20)24(28)27-22-6-4-5-7-23(22)32-17-16-31-21-14-10-19(11-15-21)25(29)30;1-28-19-6-4-5-17(15-19)22(25)24-20-7-2-3-8-21(20)30-14-13-29-18-11-9-16(10-12-18)23(26)27;24-19-7-3-1-5-17(19)21(25)23-18-6-2-4-8-20(18)29-14-13-28-16-11-9-15(10-12-16)22(26)27/h4-15H,16-17H2,1-3H3,(H,27,28)(H,29,30);2-12,15H,13-14H2,1H3,(H,24,25)(H,26,27);1-12,24H,13-14H2,(H,23,25)(H,26,27). The molecule has 0 aromatic heterocycles. The number of carbonyl (C=O) groups is 6. The van der Waals surface area contributed by atoms with Crippen molar-refractivity contribution in [1.29, 1.82) is 0 Å². The van der Waals surface area contributed by atoms with Gasteiger partial charge in [0.2, 0.25) is 0 Å². The normalized spacial score (nSPS) is 10.5. The highest BCUT2D eigenvalue weighted by Gasteiger charge is 2.17. The predicted molar refractivity (Wildman–Crippen MR) is 343 cm³/mol. The van der Waals surface area contributed by atoms with Crippen molar-refractivity contribution in [3.8, 4) is 46.0 Å². The Balaban J connectivity index is 0.000000194. The van der Waals surface area contributed by atoms with E-state index in [1.165, 1.54) is 48.5 Å². The van der Waals surface area contributed by atoms with Crippen molar-refractivity contribution in [2.45, 2.75) is 26.2 Å². The van der Waals surface area contributed by atoms with Gasteiger partial charge in [-0.3, -0.25) is 14.4 Å². The zero-order chi connectivity index (χ0) is 65.1. The number of phenolic OH excluding ortho intramolecular Hbond substituents is 1. The number of hydrogen-bond acceptors (Lipinski definition) is 14. The van der Waals surface area contributed by atoms with E-state index in [1.807, 2.05) is 42.5 Å². The van der Waals surface area contributed by atoms with E-state index in [2.05, 4.69) is 36.7 Å². The molecule has 20 heteroatoms. The van der Waals surface area contributed by atoms with Crippen LogP contribution in [-0.2, 0) is 5.41 Å². The van der Waals surface area contributed by atoms with Crippen LogP contribution >= 0.6 is 0 Å². The summed E-state index contributed by atoms with van der Waals surface area (Å²) in [5, 5.41) is 45.0. The van der Waals surface area contributed by atoms with Crippen molar-refractivity contribution in [3.05, 3.63) is 257 Å². The molecule has 91 heavy (non-hydrogen) atoms. The zero-order valence-corrected chi connectivity index (χ0v) is 50.1. The summed E-state index contributed by atoms with van der Waals surface area (Å²) in [6.45, 7) is 7.85. The fourth-order valence-corrected chi connectivity index (χ4v) is 8.23. The molecule has 9 rings (SSSR count). The number of carboxylic acid groups (broad SMARTS) is 3. The van der Waals surface area contributed by atoms with Crippen molar-refractivity contribution >= 4 is 52.7 Å². The molecule has 0 saturated carbocycles. The van der Waals surface area contributed by atoms with Crippen LogP contribution in [0.25, 0.3) is 0 Å². The minimum Gasteiger partial charge on any atom is -0.507 e. The lowest BCUT2D eigenvalue weighted by Gasteiger charge is -2.19. The molecule has 20 nitrogen and oxygen atoms in total. The van der Waals surface area contributed by atoms with Gasteiger partial charge in [-0.2, -0.15) is 0 Å². The van der Waals surface area contributed by atoms with Gasteiger partial charge in [0, 0.05) is 11.1 Å². The molecule has 0 atom stereocenters. The van der Waals surface area contributed by atoms with E-state index >= 15 is 0 Å². The Kier molecular flexibility index (Phi) is 24.5. The minimum atomic E-state index is -0.998. The number of amides is 3. The van der Waals surface area contributed by atoms with Crippen LogP contribution in [0.5, 0.6) is 46.0 Å². The first-order valence-electron chi connectivity index (χ1n) is 28.4. The number of rotatable bonds is 25.